The molecule has 1 aromatic heterocycles. The second-order valence-electron chi connectivity index (χ2n) is 3.13. The normalized spacial score (nSPS) is 13.2. The van der Waals surface area contributed by atoms with Crippen LogP contribution in [0.2, 0.25) is 0 Å². The number of nitrogens with zero attached hydrogens (tertiary/aromatic N) is 2. The molecule has 0 bridgehead atoms. The zero-order valence-corrected chi connectivity index (χ0v) is 8.92. The van der Waals surface area contributed by atoms with Crippen molar-refractivity contribution in [3.05, 3.63) is 18.2 Å². The van der Waals surface area contributed by atoms with Crippen LogP contribution in [0.3, 0.4) is 0 Å². The van der Waals surface area contributed by atoms with E-state index in [-0.39, 0.29) is 6.61 Å². The van der Waals surface area contributed by atoms with E-state index in [0.717, 1.165) is 12.2 Å². The van der Waals surface area contributed by atoms with Gasteiger partial charge in [-0.3, -0.25) is 0 Å². The van der Waals surface area contributed by atoms with Gasteiger partial charge in [0.25, 0.3) is 0 Å². The van der Waals surface area contributed by atoms with Crippen molar-refractivity contribution in [1.29, 1.82) is 0 Å². The summed E-state index contributed by atoms with van der Waals surface area (Å²) < 4.78 is 2.03. The number of rotatable bonds is 5. The summed E-state index contributed by atoms with van der Waals surface area (Å²) in [5, 5.41) is 9.23. The third kappa shape index (κ3) is 3.40. The molecular weight excluding hydrogens is 184 g/mol. The lowest BCUT2D eigenvalue weighted by atomic mass is 10.3. The van der Waals surface area contributed by atoms with Gasteiger partial charge in [0.05, 0.1) is 6.33 Å². The van der Waals surface area contributed by atoms with E-state index >= 15 is 0 Å². The van der Waals surface area contributed by atoms with Crippen molar-refractivity contribution in [2.75, 3.05) is 6.61 Å². The van der Waals surface area contributed by atoms with E-state index in [2.05, 4.69) is 11.9 Å². The molecule has 1 aromatic rings. The summed E-state index contributed by atoms with van der Waals surface area (Å²) in [5.74, 6) is 0.970. The van der Waals surface area contributed by atoms with Gasteiger partial charge >= 0.3 is 0 Å². The summed E-state index contributed by atoms with van der Waals surface area (Å²) in [6.07, 6.45) is 4.56. The van der Waals surface area contributed by atoms with Crippen LogP contribution in [0.25, 0.3) is 0 Å². The van der Waals surface area contributed by atoms with Gasteiger partial charge in [-0.1, -0.05) is 6.92 Å². The minimum Gasteiger partial charge on any atom is -0.396 e. The smallest absolute Gasteiger partial charge is 0.0945 e. The molecule has 0 amide bonds. The summed E-state index contributed by atoms with van der Waals surface area (Å²) in [6, 6.07) is 0. The maximum atomic E-state index is 8.72. The van der Waals surface area contributed by atoms with Crippen molar-refractivity contribution >= 4 is 11.8 Å². The Morgan fingerprint density at radius 1 is 1.69 bits per heavy atom. The summed E-state index contributed by atoms with van der Waals surface area (Å²) in [4.78, 5) is 4.05. The summed E-state index contributed by atoms with van der Waals surface area (Å²) in [5.41, 5.74) is 1.23. The molecule has 0 aliphatic heterocycles. The zero-order valence-electron chi connectivity index (χ0n) is 8.10. The molecular formula is C9H16N2OS. The Balaban J connectivity index is 2.30. The van der Waals surface area contributed by atoms with Crippen molar-refractivity contribution in [3.8, 4) is 0 Å². The second kappa shape index (κ2) is 5.29. The van der Waals surface area contributed by atoms with Crippen molar-refractivity contribution in [2.45, 2.75) is 24.3 Å². The number of aromatic nitrogens is 2. The maximum Gasteiger partial charge on any atom is 0.0945 e. The van der Waals surface area contributed by atoms with Gasteiger partial charge < -0.3 is 9.67 Å². The standard InChI is InChI=1S/C9H16N2OS/c1-8(3-4-12)13-6-9-5-10-7-11(9)2/h5,7-8,12H,3-4,6H2,1-2H3. The molecule has 0 aliphatic carbocycles. The topological polar surface area (TPSA) is 38.1 Å². The highest BCUT2D eigenvalue weighted by molar-refractivity contribution is 7.99. The number of hydrogen-bond acceptors (Lipinski definition) is 3. The van der Waals surface area contributed by atoms with E-state index < -0.39 is 0 Å². The Hall–Kier alpha value is -0.480. The first-order valence-corrected chi connectivity index (χ1v) is 5.46. The average molecular weight is 200 g/mol. The number of hydrogen-bond donors (Lipinski definition) is 1. The SMILES string of the molecule is CC(CCO)SCc1cncn1C. The first kappa shape index (κ1) is 10.6. The Labute approximate surface area is 83.2 Å². The van der Waals surface area contributed by atoms with Crippen LogP contribution in [0.1, 0.15) is 19.0 Å². The Bertz CT molecular complexity index is 250. The van der Waals surface area contributed by atoms with Gasteiger partial charge in [-0.25, -0.2) is 4.98 Å². The van der Waals surface area contributed by atoms with E-state index in [1.165, 1.54) is 5.69 Å². The monoisotopic (exact) mass is 200 g/mol. The van der Waals surface area contributed by atoms with Crippen LogP contribution >= 0.6 is 11.8 Å². The number of aliphatic hydroxyl groups is 1. The molecule has 0 aromatic carbocycles. The fraction of sp³-hybridized carbons (Fsp3) is 0.667. The third-order valence-electron chi connectivity index (χ3n) is 1.97. The van der Waals surface area contributed by atoms with E-state index in [1.54, 1.807) is 0 Å². The van der Waals surface area contributed by atoms with Gasteiger partial charge in [-0.05, 0) is 6.42 Å². The fourth-order valence-electron chi connectivity index (χ4n) is 1.02. The van der Waals surface area contributed by atoms with Crippen LogP contribution in [-0.2, 0) is 12.8 Å². The van der Waals surface area contributed by atoms with E-state index in [9.17, 15) is 0 Å². The molecule has 1 N–H and O–H groups in total. The minimum absolute atomic E-state index is 0.277. The number of thioether (sulfide) groups is 1. The molecule has 1 unspecified atom stereocenters. The lowest BCUT2D eigenvalue weighted by Gasteiger charge is -2.08. The zero-order chi connectivity index (χ0) is 9.68. The molecule has 0 saturated heterocycles. The van der Waals surface area contributed by atoms with Crippen LogP contribution in [0.15, 0.2) is 12.5 Å². The Kier molecular flexibility index (Phi) is 4.32. The lowest BCUT2D eigenvalue weighted by molar-refractivity contribution is 0.289. The van der Waals surface area contributed by atoms with Gasteiger partial charge in [0, 0.05) is 36.5 Å². The van der Waals surface area contributed by atoms with Gasteiger partial charge in [-0.2, -0.15) is 11.8 Å². The van der Waals surface area contributed by atoms with Crippen LogP contribution in [0.5, 0.6) is 0 Å². The van der Waals surface area contributed by atoms with E-state index in [0.29, 0.717) is 5.25 Å². The van der Waals surface area contributed by atoms with Crippen LogP contribution in [0, 0.1) is 0 Å². The minimum atomic E-state index is 0.277. The number of aliphatic hydroxyl groups excluding tert-OH is 1. The molecule has 0 radical (unpaired) electrons. The first-order valence-electron chi connectivity index (χ1n) is 4.41. The molecule has 0 aliphatic rings. The molecule has 0 spiro atoms. The molecule has 0 fully saturated rings. The lowest BCUT2D eigenvalue weighted by Crippen LogP contribution is -2.01. The highest BCUT2D eigenvalue weighted by atomic mass is 32.2. The fourth-order valence-corrected chi connectivity index (χ4v) is 2.02. The molecule has 4 heteroatoms. The molecule has 74 valence electrons. The van der Waals surface area contributed by atoms with Crippen LogP contribution < -0.4 is 0 Å². The van der Waals surface area contributed by atoms with Gasteiger partial charge in [0.1, 0.15) is 0 Å². The molecule has 0 saturated carbocycles. The van der Waals surface area contributed by atoms with Crippen molar-refractivity contribution < 1.29 is 5.11 Å². The van der Waals surface area contributed by atoms with Crippen LogP contribution in [-0.4, -0.2) is 26.5 Å². The first-order chi connectivity index (χ1) is 6.24. The van der Waals surface area contributed by atoms with Gasteiger partial charge in [0.15, 0.2) is 0 Å². The third-order valence-corrected chi connectivity index (χ3v) is 3.23. The molecule has 1 rings (SSSR count). The van der Waals surface area contributed by atoms with Gasteiger partial charge in [0.2, 0.25) is 0 Å². The quantitative estimate of drug-likeness (QED) is 0.781. The number of aryl methyl sites for hydroxylation is 1. The summed E-state index contributed by atoms with van der Waals surface area (Å²) in [7, 11) is 2.00. The van der Waals surface area contributed by atoms with E-state index in [1.807, 2.05) is 35.9 Å². The number of imidazole rings is 1. The largest absolute Gasteiger partial charge is 0.396 e. The molecule has 1 atom stereocenters. The summed E-state index contributed by atoms with van der Waals surface area (Å²) in [6.45, 7) is 2.41. The predicted octanol–water partition coefficient (Wildman–Crippen LogP) is 1.42. The maximum absolute atomic E-state index is 8.72. The Morgan fingerprint density at radius 2 is 2.46 bits per heavy atom. The molecule has 13 heavy (non-hydrogen) atoms. The molecule has 3 nitrogen and oxygen atoms in total. The highest BCUT2D eigenvalue weighted by Gasteiger charge is 2.04. The van der Waals surface area contributed by atoms with Crippen LogP contribution in [0.4, 0.5) is 0 Å². The second-order valence-corrected chi connectivity index (χ2v) is 4.56. The van der Waals surface area contributed by atoms with Gasteiger partial charge in [-0.15, -0.1) is 0 Å². The molecule has 1 heterocycles. The summed E-state index contributed by atoms with van der Waals surface area (Å²) >= 11 is 1.85. The van der Waals surface area contributed by atoms with Crippen molar-refractivity contribution in [3.63, 3.8) is 0 Å². The van der Waals surface area contributed by atoms with Crippen molar-refractivity contribution in [2.24, 2.45) is 7.05 Å². The average Bonchev–Trinajstić information content (AvgIpc) is 2.48. The predicted molar refractivity (Wildman–Crippen MR) is 55.7 cm³/mol. The van der Waals surface area contributed by atoms with Crippen molar-refractivity contribution in [1.82, 2.24) is 9.55 Å². The highest BCUT2D eigenvalue weighted by Crippen LogP contribution is 2.18. The van der Waals surface area contributed by atoms with E-state index in [4.69, 9.17) is 5.11 Å². The Morgan fingerprint density at radius 3 is 3.00 bits per heavy atom.